The van der Waals surface area contributed by atoms with E-state index in [1.54, 1.807) is 13.3 Å². The van der Waals surface area contributed by atoms with E-state index in [9.17, 15) is 4.79 Å². The number of ether oxygens (including phenoxy) is 2. The monoisotopic (exact) mass is 343 g/mol. The maximum Gasteiger partial charge on any atom is 0.263 e. The fourth-order valence-electron chi connectivity index (χ4n) is 2.98. The van der Waals surface area contributed by atoms with Crippen molar-refractivity contribution in [3.63, 3.8) is 0 Å². The van der Waals surface area contributed by atoms with Crippen LogP contribution in [0.15, 0.2) is 30.6 Å². The van der Waals surface area contributed by atoms with Crippen molar-refractivity contribution in [1.29, 1.82) is 0 Å². The number of nitrogens with one attached hydrogen (secondary N) is 1. The Labute approximate surface area is 143 Å². The first-order valence-electron chi connectivity index (χ1n) is 7.71. The number of rotatable bonds is 3. The molecule has 0 fully saturated rings. The summed E-state index contributed by atoms with van der Waals surface area (Å²) in [7, 11) is 1.62. The van der Waals surface area contributed by atoms with Crippen LogP contribution in [-0.2, 0) is 0 Å². The summed E-state index contributed by atoms with van der Waals surface area (Å²) in [5, 5.41) is 3.13. The van der Waals surface area contributed by atoms with E-state index in [0.29, 0.717) is 11.5 Å². The second kappa shape index (κ2) is 5.83. The highest BCUT2D eigenvalue weighted by atomic mass is 32.1. The molecule has 3 heterocycles. The van der Waals surface area contributed by atoms with E-state index in [0.717, 1.165) is 34.1 Å². The number of aryl methyl sites for hydroxylation is 1. The van der Waals surface area contributed by atoms with Gasteiger partial charge in [-0.2, -0.15) is 0 Å². The predicted molar refractivity (Wildman–Crippen MR) is 91.1 cm³/mol. The number of thiazole rings is 1. The number of nitrogens with zero attached hydrogens (tertiary/aromatic N) is 2. The molecule has 1 aliphatic heterocycles. The van der Waals surface area contributed by atoms with Gasteiger partial charge in [-0.15, -0.1) is 0 Å². The van der Waals surface area contributed by atoms with Crippen molar-refractivity contribution in [3.8, 4) is 11.5 Å². The molecule has 3 aromatic rings. The number of amides is 1. The third-order valence-corrected chi connectivity index (χ3v) is 5.43. The van der Waals surface area contributed by atoms with Gasteiger partial charge in [0.05, 0.1) is 19.8 Å². The van der Waals surface area contributed by atoms with Crippen LogP contribution < -0.4 is 14.8 Å². The lowest BCUT2D eigenvalue weighted by atomic mass is 10.00. The summed E-state index contributed by atoms with van der Waals surface area (Å²) in [6, 6.07) is 5.63. The minimum atomic E-state index is -0.0725. The highest BCUT2D eigenvalue weighted by Gasteiger charge is 2.25. The molecule has 0 bridgehead atoms. The normalized spacial score (nSPS) is 16.5. The van der Waals surface area contributed by atoms with Gasteiger partial charge < -0.3 is 14.8 Å². The molecule has 2 aromatic heterocycles. The molecule has 1 amide bonds. The fraction of sp³-hybridized carbons (Fsp3) is 0.294. The molecular weight excluding hydrogens is 326 g/mol. The van der Waals surface area contributed by atoms with Crippen molar-refractivity contribution in [2.75, 3.05) is 13.7 Å². The average Bonchev–Trinajstić information content (AvgIpc) is 3.18. The molecule has 1 aromatic carbocycles. The quantitative estimate of drug-likeness (QED) is 0.794. The summed E-state index contributed by atoms with van der Waals surface area (Å²) in [4.78, 5) is 18.5. The first kappa shape index (κ1) is 15.0. The zero-order valence-corrected chi connectivity index (χ0v) is 14.2. The van der Waals surface area contributed by atoms with Gasteiger partial charge in [0.15, 0.2) is 4.96 Å². The molecule has 24 heavy (non-hydrogen) atoms. The van der Waals surface area contributed by atoms with Gasteiger partial charge in [0.1, 0.15) is 16.4 Å². The SMILES string of the molecule is COc1ccc2c(c1)OCC[C@H]2NC(=O)c1sc2nccn2c1C. The summed E-state index contributed by atoms with van der Waals surface area (Å²) in [6.07, 6.45) is 4.35. The molecule has 6 nitrogen and oxygen atoms in total. The first-order valence-corrected chi connectivity index (χ1v) is 8.53. The fourth-order valence-corrected chi connectivity index (χ4v) is 3.97. The second-order valence-corrected chi connectivity index (χ2v) is 6.64. The largest absolute Gasteiger partial charge is 0.497 e. The number of aromatic nitrogens is 2. The van der Waals surface area contributed by atoms with Crippen molar-refractivity contribution in [2.24, 2.45) is 0 Å². The molecule has 1 N–H and O–H groups in total. The Balaban J connectivity index is 1.61. The number of fused-ring (bicyclic) bond motifs is 2. The lowest BCUT2D eigenvalue weighted by molar-refractivity contribution is 0.0928. The van der Waals surface area contributed by atoms with Gasteiger partial charge in [-0.05, 0) is 19.1 Å². The van der Waals surface area contributed by atoms with Gasteiger partial charge in [-0.1, -0.05) is 11.3 Å². The molecule has 1 aliphatic rings. The van der Waals surface area contributed by atoms with Crippen LogP contribution in [0, 0.1) is 6.92 Å². The molecule has 0 aliphatic carbocycles. The minimum Gasteiger partial charge on any atom is -0.497 e. The van der Waals surface area contributed by atoms with Gasteiger partial charge in [-0.25, -0.2) is 4.98 Å². The van der Waals surface area contributed by atoms with Crippen LogP contribution in [-0.4, -0.2) is 29.0 Å². The first-order chi connectivity index (χ1) is 11.7. The van der Waals surface area contributed by atoms with Crippen molar-refractivity contribution in [1.82, 2.24) is 14.7 Å². The predicted octanol–water partition coefficient (Wildman–Crippen LogP) is 2.97. The lowest BCUT2D eigenvalue weighted by Gasteiger charge is -2.27. The standard InChI is InChI=1S/C17H17N3O3S/c1-10-15(24-17-18-6-7-20(10)17)16(21)19-13-5-8-23-14-9-11(22-2)3-4-12(13)14/h3-4,6-7,9,13H,5,8H2,1-2H3,(H,19,21)/t13-/m1/s1. The van der Waals surface area contributed by atoms with Crippen molar-refractivity contribution in [2.45, 2.75) is 19.4 Å². The van der Waals surface area contributed by atoms with Crippen LogP contribution in [0.4, 0.5) is 0 Å². The van der Waals surface area contributed by atoms with Gasteiger partial charge >= 0.3 is 0 Å². The molecule has 4 rings (SSSR count). The van der Waals surface area contributed by atoms with Gasteiger partial charge in [0.25, 0.3) is 5.91 Å². The summed E-state index contributed by atoms with van der Waals surface area (Å²) >= 11 is 1.40. The highest BCUT2D eigenvalue weighted by Crippen LogP contribution is 2.35. The topological polar surface area (TPSA) is 64.9 Å². The third-order valence-electron chi connectivity index (χ3n) is 4.26. The number of carbonyl (C=O) groups excluding carboxylic acids is 1. The third kappa shape index (κ3) is 2.41. The maximum absolute atomic E-state index is 12.7. The Morgan fingerprint density at radius 3 is 3.17 bits per heavy atom. The van der Waals surface area contributed by atoms with Crippen LogP contribution in [0.2, 0.25) is 0 Å². The Hall–Kier alpha value is -2.54. The van der Waals surface area contributed by atoms with E-state index in [-0.39, 0.29) is 11.9 Å². The van der Waals surface area contributed by atoms with Crippen LogP contribution in [0.25, 0.3) is 4.96 Å². The minimum absolute atomic E-state index is 0.0685. The summed E-state index contributed by atoms with van der Waals surface area (Å²) in [6.45, 7) is 2.50. The smallest absolute Gasteiger partial charge is 0.263 e. The van der Waals surface area contributed by atoms with E-state index in [1.807, 2.05) is 35.7 Å². The summed E-state index contributed by atoms with van der Waals surface area (Å²) in [5.74, 6) is 1.44. The average molecular weight is 343 g/mol. The molecule has 0 radical (unpaired) electrons. The molecule has 124 valence electrons. The Kier molecular flexibility index (Phi) is 3.65. The number of hydrogen-bond donors (Lipinski definition) is 1. The molecule has 7 heteroatoms. The Bertz CT molecular complexity index is 915. The van der Waals surface area contributed by atoms with Crippen LogP contribution in [0.3, 0.4) is 0 Å². The van der Waals surface area contributed by atoms with Crippen LogP contribution in [0.1, 0.15) is 33.4 Å². The molecule has 0 spiro atoms. The number of carbonyl (C=O) groups is 1. The second-order valence-electron chi connectivity index (χ2n) is 5.66. The molecule has 0 saturated heterocycles. The van der Waals surface area contributed by atoms with E-state index in [4.69, 9.17) is 9.47 Å². The van der Waals surface area contributed by atoms with Gasteiger partial charge in [-0.3, -0.25) is 9.20 Å². The van der Waals surface area contributed by atoms with Gasteiger partial charge in [0.2, 0.25) is 0 Å². The summed E-state index contributed by atoms with van der Waals surface area (Å²) in [5.41, 5.74) is 1.89. The van der Waals surface area contributed by atoms with Gasteiger partial charge in [0, 0.05) is 36.1 Å². The van der Waals surface area contributed by atoms with Crippen LogP contribution in [0.5, 0.6) is 11.5 Å². The van der Waals surface area contributed by atoms with E-state index in [1.165, 1.54) is 11.3 Å². The number of methoxy groups -OCH3 is 1. The molecule has 1 atom stereocenters. The zero-order chi connectivity index (χ0) is 16.7. The molecule has 0 saturated carbocycles. The number of hydrogen-bond acceptors (Lipinski definition) is 5. The highest BCUT2D eigenvalue weighted by molar-refractivity contribution is 7.19. The van der Waals surface area contributed by atoms with Crippen LogP contribution >= 0.6 is 11.3 Å². The Morgan fingerprint density at radius 2 is 2.38 bits per heavy atom. The summed E-state index contributed by atoms with van der Waals surface area (Å²) < 4.78 is 12.9. The van der Waals surface area contributed by atoms with E-state index < -0.39 is 0 Å². The zero-order valence-electron chi connectivity index (χ0n) is 13.4. The van der Waals surface area contributed by atoms with E-state index in [2.05, 4.69) is 10.3 Å². The van der Waals surface area contributed by atoms with E-state index >= 15 is 0 Å². The Morgan fingerprint density at radius 1 is 1.50 bits per heavy atom. The number of imidazole rings is 1. The lowest BCUT2D eigenvalue weighted by Crippen LogP contribution is -2.32. The molecular formula is C17H17N3O3S. The molecule has 0 unspecified atom stereocenters. The number of benzene rings is 1. The maximum atomic E-state index is 12.7. The van der Waals surface area contributed by atoms with Crippen molar-refractivity contribution < 1.29 is 14.3 Å². The van der Waals surface area contributed by atoms with Crippen molar-refractivity contribution in [3.05, 3.63) is 46.7 Å². The van der Waals surface area contributed by atoms with Crippen molar-refractivity contribution >= 4 is 22.2 Å².